The highest BCUT2D eigenvalue weighted by Gasteiger charge is 2.30. The average Bonchev–Trinajstić information content (AvgIpc) is 2.74. The molecule has 5 nitrogen and oxygen atoms in total. The summed E-state index contributed by atoms with van der Waals surface area (Å²) in [5.41, 5.74) is -0.814. The van der Waals surface area contributed by atoms with E-state index < -0.39 is 11.4 Å². The van der Waals surface area contributed by atoms with Crippen molar-refractivity contribution in [2.24, 2.45) is 0 Å². The number of fused-ring (bicyclic) bond motifs is 1. The van der Waals surface area contributed by atoms with Crippen molar-refractivity contribution in [2.45, 2.75) is 24.6 Å². The Balaban J connectivity index is 2.21. The molecule has 0 radical (unpaired) electrons. The van der Waals surface area contributed by atoms with Gasteiger partial charge in [-0.3, -0.25) is 0 Å². The third-order valence-electron chi connectivity index (χ3n) is 3.81. The van der Waals surface area contributed by atoms with Gasteiger partial charge in [0.2, 0.25) is 0 Å². The van der Waals surface area contributed by atoms with Crippen LogP contribution in [0.15, 0.2) is 15.7 Å². The molecule has 1 aromatic heterocycles. The fourth-order valence-electron chi connectivity index (χ4n) is 2.75. The van der Waals surface area contributed by atoms with E-state index in [0.717, 1.165) is 5.75 Å². The van der Waals surface area contributed by atoms with E-state index in [9.17, 15) is 9.50 Å². The van der Waals surface area contributed by atoms with E-state index in [4.69, 9.17) is 16.3 Å². The van der Waals surface area contributed by atoms with Gasteiger partial charge >= 0.3 is 0 Å². The Kier molecular flexibility index (Phi) is 5.75. The maximum Gasteiger partial charge on any atom is 0.190 e. The van der Waals surface area contributed by atoms with E-state index in [1.165, 1.54) is 11.8 Å². The van der Waals surface area contributed by atoms with Crippen molar-refractivity contribution in [3.05, 3.63) is 21.4 Å². The third kappa shape index (κ3) is 4.03. The molecule has 2 aromatic rings. The minimum Gasteiger partial charge on any atom is -0.386 e. The van der Waals surface area contributed by atoms with Crippen LogP contribution in [0.25, 0.3) is 10.9 Å². The van der Waals surface area contributed by atoms with E-state index in [1.807, 2.05) is 11.8 Å². The SMILES string of the molecule is CCSc1nc(N2CCOCC(C)(O)C2)c2cc(Cl)c(Br)c(F)c2n1. The molecule has 1 fully saturated rings. The van der Waals surface area contributed by atoms with Crippen molar-refractivity contribution in [3.63, 3.8) is 0 Å². The standard InChI is InChI=1S/C16H18BrClFN3O2S/c1-3-25-15-20-13-9(6-10(18)11(17)12(13)19)14(21-15)22-4-5-24-8-16(2,23)7-22/h6,23H,3-5,7-8H2,1-2H3. The Morgan fingerprint density at radius 1 is 1.52 bits per heavy atom. The molecule has 1 N–H and O–H groups in total. The summed E-state index contributed by atoms with van der Waals surface area (Å²) < 4.78 is 20.4. The summed E-state index contributed by atoms with van der Waals surface area (Å²) in [6.45, 7) is 5.24. The second-order valence-corrected chi connectivity index (χ2v) is 8.55. The Morgan fingerprint density at radius 3 is 3.00 bits per heavy atom. The van der Waals surface area contributed by atoms with Crippen LogP contribution in [0.3, 0.4) is 0 Å². The minimum absolute atomic E-state index is 0.185. The smallest absolute Gasteiger partial charge is 0.190 e. The summed E-state index contributed by atoms with van der Waals surface area (Å²) >= 11 is 10.8. The monoisotopic (exact) mass is 449 g/mol. The lowest BCUT2D eigenvalue weighted by molar-refractivity contribution is -0.0123. The number of benzene rings is 1. The molecule has 0 bridgehead atoms. The first-order valence-electron chi connectivity index (χ1n) is 7.85. The summed E-state index contributed by atoms with van der Waals surface area (Å²) in [7, 11) is 0. The van der Waals surface area contributed by atoms with Crippen LogP contribution in [0, 0.1) is 5.82 Å². The van der Waals surface area contributed by atoms with E-state index in [-0.39, 0.29) is 21.6 Å². The number of halogens is 3. The lowest BCUT2D eigenvalue weighted by Gasteiger charge is -2.29. The van der Waals surface area contributed by atoms with E-state index in [1.54, 1.807) is 13.0 Å². The first kappa shape index (κ1) is 19.1. The van der Waals surface area contributed by atoms with Crippen molar-refractivity contribution in [1.82, 2.24) is 9.97 Å². The van der Waals surface area contributed by atoms with Crippen molar-refractivity contribution in [1.29, 1.82) is 0 Å². The van der Waals surface area contributed by atoms with Gasteiger partial charge in [-0.05, 0) is 34.7 Å². The normalized spacial score (nSPS) is 21.6. The molecule has 136 valence electrons. The highest BCUT2D eigenvalue weighted by Crippen LogP contribution is 2.36. The predicted octanol–water partition coefficient (Wildman–Crippen LogP) is 3.88. The molecule has 25 heavy (non-hydrogen) atoms. The maximum atomic E-state index is 14.7. The quantitative estimate of drug-likeness (QED) is 0.435. The molecule has 1 aliphatic heterocycles. The number of β-amino-alcohol motifs (C(OH)–C–C–N with tert-alkyl or cyclic N) is 1. The minimum atomic E-state index is -1.02. The van der Waals surface area contributed by atoms with Crippen LogP contribution in [0.4, 0.5) is 10.2 Å². The van der Waals surface area contributed by atoms with Gasteiger partial charge in [-0.25, -0.2) is 14.4 Å². The van der Waals surface area contributed by atoms with Crippen LogP contribution in [0.1, 0.15) is 13.8 Å². The van der Waals surface area contributed by atoms with Crippen LogP contribution in [0.5, 0.6) is 0 Å². The van der Waals surface area contributed by atoms with Gasteiger partial charge in [-0.2, -0.15) is 0 Å². The predicted molar refractivity (Wildman–Crippen MR) is 102 cm³/mol. The van der Waals surface area contributed by atoms with Gasteiger partial charge in [0, 0.05) is 11.9 Å². The zero-order valence-electron chi connectivity index (χ0n) is 13.9. The Labute approximate surface area is 163 Å². The summed E-state index contributed by atoms with van der Waals surface area (Å²) in [4.78, 5) is 10.9. The van der Waals surface area contributed by atoms with Gasteiger partial charge in [0.05, 0.1) is 29.3 Å². The molecule has 3 rings (SSSR count). The molecule has 0 saturated carbocycles. The average molecular weight is 451 g/mol. The van der Waals surface area contributed by atoms with Gasteiger partial charge in [-0.15, -0.1) is 0 Å². The molecule has 1 aliphatic rings. The van der Waals surface area contributed by atoms with Gasteiger partial charge < -0.3 is 14.7 Å². The van der Waals surface area contributed by atoms with Crippen molar-refractivity contribution < 1.29 is 14.2 Å². The van der Waals surface area contributed by atoms with Crippen LogP contribution >= 0.6 is 39.3 Å². The van der Waals surface area contributed by atoms with Gasteiger partial charge in [0.25, 0.3) is 0 Å². The van der Waals surface area contributed by atoms with Gasteiger partial charge in [0.15, 0.2) is 11.0 Å². The highest BCUT2D eigenvalue weighted by atomic mass is 79.9. The molecular weight excluding hydrogens is 433 g/mol. The molecule has 0 aliphatic carbocycles. The molecule has 9 heteroatoms. The molecule has 1 aromatic carbocycles. The van der Waals surface area contributed by atoms with Crippen LogP contribution in [-0.2, 0) is 4.74 Å². The number of rotatable bonds is 3. The van der Waals surface area contributed by atoms with E-state index in [0.29, 0.717) is 36.1 Å². The van der Waals surface area contributed by atoms with E-state index >= 15 is 0 Å². The number of ether oxygens (including phenoxy) is 1. The summed E-state index contributed by atoms with van der Waals surface area (Å²) in [5.74, 6) is 0.810. The van der Waals surface area contributed by atoms with Crippen LogP contribution in [-0.4, -0.2) is 52.7 Å². The maximum absolute atomic E-state index is 14.7. The summed E-state index contributed by atoms with van der Waals surface area (Å²) in [6.07, 6.45) is 0. The molecule has 2 heterocycles. The Hall–Kier alpha value is -0.670. The zero-order chi connectivity index (χ0) is 18.2. The van der Waals surface area contributed by atoms with Gasteiger partial charge in [0.1, 0.15) is 16.9 Å². The molecule has 0 amide bonds. The highest BCUT2D eigenvalue weighted by molar-refractivity contribution is 9.10. The fraction of sp³-hybridized carbons (Fsp3) is 0.500. The molecular formula is C16H18BrClFN3O2S. The second kappa shape index (κ2) is 7.52. The number of hydrogen-bond acceptors (Lipinski definition) is 6. The lowest BCUT2D eigenvalue weighted by atomic mass is 10.1. The second-order valence-electron chi connectivity index (χ2n) is 6.12. The number of nitrogens with zero attached hydrogens (tertiary/aromatic N) is 3. The fourth-order valence-corrected chi connectivity index (χ4v) is 3.81. The number of aromatic nitrogens is 2. The molecule has 0 spiro atoms. The number of thioether (sulfide) groups is 1. The summed E-state index contributed by atoms with van der Waals surface area (Å²) in [5, 5.41) is 11.7. The number of hydrogen-bond donors (Lipinski definition) is 1. The lowest BCUT2D eigenvalue weighted by Crippen LogP contribution is -2.42. The molecule has 1 atom stereocenters. The van der Waals surface area contributed by atoms with Crippen molar-refractivity contribution in [2.75, 3.05) is 37.0 Å². The molecule has 1 saturated heterocycles. The number of aliphatic hydroxyl groups is 1. The van der Waals surface area contributed by atoms with Crippen molar-refractivity contribution in [3.8, 4) is 0 Å². The Bertz CT molecular complexity index is 809. The van der Waals surface area contributed by atoms with E-state index in [2.05, 4.69) is 25.9 Å². The first-order chi connectivity index (χ1) is 11.8. The van der Waals surface area contributed by atoms with Crippen LogP contribution < -0.4 is 4.90 Å². The Morgan fingerprint density at radius 2 is 2.28 bits per heavy atom. The first-order valence-corrected chi connectivity index (χ1v) is 10.0. The zero-order valence-corrected chi connectivity index (χ0v) is 17.0. The van der Waals surface area contributed by atoms with Crippen molar-refractivity contribution >= 4 is 56.0 Å². The topological polar surface area (TPSA) is 58.5 Å². The van der Waals surface area contributed by atoms with Gasteiger partial charge in [-0.1, -0.05) is 30.3 Å². The summed E-state index contributed by atoms with van der Waals surface area (Å²) in [6, 6.07) is 1.65. The van der Waals surface area contributed by atoms with Crippen LogP contribution in [0.2, 0.25) is 5.02 Å². The molecule has 1 unspecified atom stereocenters. The largest absolute Gasteiger partial charge is 0.386 e. The number of anilines is 1. The third-order valence-corrected chi connectivity index (χ3v) is 5.84.